The quantitative estimate of drug-likeness (QED) is 0.803. The van der Waals surface area contributed by atoms with Gasteiger partial charge in [-0.1, -0.05) is 6.07 Å². The molecule has 0 aliphatic heterocycles. The molecule has 0 aliphatic rings. The predicted molar refractivity (Wildman–Crippen MR) is 56.5 cm³/mol. The summed E-state index contributed by atoms with van der Waals surface area (Å²) in [5.41, 5.74) is 5.81. The van der Waals surface area contributed by atoms with Crippen molar-refractivity contribution in [3.8, 4) is 11.4 Å². The molecular formula is C11H9F2N3. The Kier molecular flexibility index (Phi) is 2.52. The van der Waals surface area contributed by atoms with Crippen LogP contribution in [0.15, 0.2) is 24.3 Å². The first-order valence-corrected chi connectivity index (χ1v) is 4.63. The normalized spacial score (nSPS) is 10.4. The molecule has 0 atom stereocenters. The third kappa shape index (κ3) is 1.84. The molecule has 0 saturated carbocycles. The van der Waals surface area contributed by atoms with E-state index in [9.17, 15) is 8.78 Å². The summed E-state index contributed by atoms with van der Waals surface area (Å²) in [4.78, 5) is 7.77. The Hall–Kier alpha value is -2.04. The van der Waals surface area contributed by atoms with Crippen LogP contribution in [0.4, 0.5) is 14.6 Å². The lowest BCUT2D eigenvalue weighted by molar-refractivity contribution is 0.587. The van der Waals surface area contributed by atoms with E-state index in [2.05, 4.69) is 9.97 Å². The van der Waals surface area contributed by atoms with E-state index in [0.29, 0.717) is 5.69 Å². The van der Waals surface area contributed by atoms with Gasteiger partial charge in [0.1, 0.15) is 17.5 Å². The number of nitrogen functional groups attached to an aromatic ring is 1. The second-order valence-electron chi connectivity index (χ2n) is 3.35. The SMILES string of the molecule is Cc1cc(N)nc(-c2c(F)cccc2F)n1. The fourth-order valence-corrected chi connectivity index (χ4v) is 1.42. The third-order valence-electron chi connectivity index (χ3n) is 2.06. The van der Waals surface area contributed by atoms with E-state index in [1.807, 2.05) is 0 Å². The minimum atomic E-state index is -0.704. The maximum Gasteiger partial charge on any atom is 0.167 e. The summed E-state index contributed by atoms with van der Waals surface area (Å²) in [5, 5.41) is 0. The first kappa shape index (κ1) is 10.5. The zero-order chi connectivity index (χ0) is 11.7. The van der Waals surface area contributed by atoms with E-state index in [1.165, 1.54) is 12.1 Å². The van der Waals surface area contributed by atoms with E-state index < -0.39 is 11.6 Å². The number of aromatic nitrogens is 2. The average molecular weight is 221 g/mol. The Labute approximate surface area is 91.0 Å². The molecule has 0 amide bonds. The molecule has 5 heteroatoms. The van der Waals surface area contributed by atoms with Crippen molar-refractivity contribution in [1.29, 1.82) is 0 Å². The van der Waals surface area contributed by atoms with Gasteiger partial charge in [-0.3, -0.25) is 0 Å². The van der Waals surface area contributed by atoms with Crippen molar-refractivity contribution < 1.29 is 8.78 Å². The molecule has 0 spiro atoms. The molecule has 1 aromatic heterocycles. The highest BCUT2D eigenvalue weighted by molar-refractivity contribution is 5.58. The van der Waals surface area contributed by atoms with Crippen LogP contribution < -0.4 is 5.73 Å². The number of rotatable bonds is 1. The molecule has 82 valence electrons. The standard InChI is InChI=1S/C11H9F2N3/c1-6-5-9(14)16-11(15-6)10-7(12)3-2-4-8(10)13/h2-5H,1H3,(H2,14,15,16). The first-order valence-electron chi connectivity index (χ1n) is 4.63. The van der Waals surface area contributed by atoms with Crippen LogP contribution in [0, 0.1) is 18.6 Å². The summed E-state index contributed by atoms with van der Waals surface area (Å²) in [6.45, 7) is 1.68. The topological polar surface area (TPSA) is 51.8 Å². The van der Waals surface area contributed by atoms with Crippen molar-refractivity contribution in [3.05, 3.63) is 41.6 Å². The fourth-order valence-electron chi connectivity index (χ4n) is 1.42. The van der Waals surface area contributed by atoms with Crippen LogP contribution in [0.3, 0.4) is 0 Å². The number of benzene rings is 1. The van der Waals surface area contributed by atoms with Crippen molar-refractivity contribution in [1.82, 2.24) is 9.97 Å². The highest BCUT2D eigenvalue weighted by Crippen LogP contribution is 2.23. The highest BCUT2D eigenvalue weighted by Gasteiger charge is 2.14. The molecule has 1 heterocycles. The molecule has 2 N–H and O–H groups in total. The number of halogens is 2. The smallest absolute Gasteiger partial charge is 0.167 e. The van der Waals surface area contributed by atoms with Gasteiger partial charge >= 0.3 is 0 Å². The summed E-state index contributed by atoms with van der Waals surface area (Å²) in [6, 6.07) is 5.12. The predicted octanol–water partition coefficient (Wildman–Crippen LogP) is 2.31. The lowest BCUT2D eigenvalue weighted by Crippen LogP contribution is -2.00. The van der Waals surface area contributed by atoms with E-state index in [-0.39, 0.29) is 17.2 Å². The molecule has 16 heavy (non-hydrogen) atoms. The van der Waals surface area contributed by atoms with Gasteiger partial charge in [-0.2, -0.15) is 0 Å². The monoisotopic (exact) mass is 221 g/mol. The summed E-state index contributed by atoms with van der Waals surface area (Å²) in [5.74, 6) is -1.26. The maximum atomic E-state index is 13.4. The lowest BCUT2D eigenvalue weighted by atomic mass is 10.2. The van der Waals surface area contributed by atoms with Gasteiger partial charge in [0.15, 0.2) is 5.82 Å². The Balaban J connectivity index is 2.67. The van der Waals surface area contributed by atoms with E-state index in [4.69, 9.17) is 5.73 Å². The number of anilines is 1. The lowest BCUT2D eigenvalue weighted by Gasteiger charge is -2.05. The molecular weight excluding hydrogens is 212 g/mol. The fraction of sp³-hybridized carbons (Fsp3) is 0.0909. The molecule has 0 aliphatic carbocycles. The second-order valence-corrected chi connectivity index (χ2v) is 3.35. The van der Waals surface area contributed by atoms with Gasteiger partial charge in [-0.05, 0) is 19.1 Å². The maximum absolute atomic E-state index is 13.4. The number of nitrogens with zero attached hydrogens (tertiary/aromatic N) is 2. The van der Waals surface area contributed by atoms with Crippen LogP contribution in [0.1, 0.15) is 5.69 Å². The van der Waals surface area contributed by atoms with Gasteiger partial charge in [-0.15, -0.1) is 0 Å². The van der Waals surface area contributed by atoms with Gasteiger partial charge in [0.25, 0.3) is 0 Å². The minimum absolute atomic E-state index is 0.0342. The molecule has 0 saturated heterocycles. The number of nitrogens with two attached hydrogens (primary N) is 1. The first-order chi connectivity index (χ1) is 7.58. The van der Waals surface area contributed by atoms with Gasteiger partial charge in [-0.25, -0.2) is 18.7 Å². The van der Waals surface area contributed by atoms with Gasteiger partial charge < -0.3 is 5.73 Å². The summed E-state index contributed by atoms with van der Waals surface area (Å²) in [6.07, 6.45) is 0. The molecule has 2 rings (SSSR count). The van der Waals surface area contributed by atoms with Gasteiger partial charge in [0, 0.05) is 11.8 Å². The van der Waals surface area contributed by atoms with Crippen LogP contribution in [0.5, 0.6) is 0 Å². The van der Waals surface area contributed by atoms with Crippen LogP contribution in [-0.4, -0.2) is 9.97 Å². The highest BCUT2D eigenvalue weighted by atomic mass is 19.1. The zero-order valence-electron chi connectivity index (χ0n) is 8.54. The molecule has 0 fully saturated rings. The summed E-state index contributed by atoms with van der Waals surface area (Å²) < 4.78 is 26.9. The molecule has 1 aromatic carbocycles. The average Bonchev–Trinajstić information content (AvgIpc) is 2.15. The van der Waals surface area contributed by atoms with Crippen molar-refractivity contribution in [2.24, 2.45) is 0 Å². The number of hydrogen-bond donors (Lipinski definition) is 1. The van der Waals surface area contributed by atoms with Crippen LogP contribution in [0.2, 0.25) is 0 Å². The second kappa shape index (κ2) is 3.84. The minimum Gasteiger partial charge on any atom is -0.384 e. The number of hydrogen-bond acceptors (Lipinski definition) is 3. The van der Waals surface area contributed by atoms with Crippen LogP contribution in [-0.2, 0) is 0 Å². The Morgan fingerprint density at radius 1 is 1.12 bits per heavy atom. The van der Waals surface area contributed by atoms with Crippen molar-refractivity contribution in [3.63, 3.8) is 0 Å². The molecule has 0 unspecified atom stereocenters. The Morgan fingerprint density at radius 3 is 2.31 bits per heavy atom. The number of aryl methyl sites for hydroxylation is 1. The van der Waals surface area contributed by atoms with Gasteiger partial charge in [0.2, 0.25) is 0 Å². The van der Waals surface area contributed by atoms with Crippen molar-refractivity contribution >= 4 is 5.82 Å². The van der Waals surface area contributed by atoms with Crippen molar-refractivity contribution in [2.75, 3.05) is 5.73 Å². The third-order valence-corrected chi connectivity index (χ3v) is 2.06. The molecule has 2 aromatic rings. The Bertz CT molecular complexity index is 500. The Morgan fingerprint density at radius 2 is 1.75 bits per heavy atom. The molecule has 0 radical (unpaired) electrons. The van der Waals surface area contributed by atoms with Crippen LogP contribution in [0.25, 0.3) is 11.4 Å². The molecule has 3 nitrogen and oxygen atoms in total. The summed E-state index contributed by atoms with van der Waals surface area (Å²) in [7, 11) is 0. The van der Waals surface area contributed by atoms with E-state index >= 15 is 0 Å². The molecule has 0 bridgehead atoms. The largest absolute Gasteiger partial charge is 0.384 e. The van der Waals surface area contributed by atoms with E-state index in [1.54, 1.807) is 6.92 Å². The van der Waals surface area contributed by atoms with Gasteiger partial charge in [0.05, 0.1) is 5.56 Å². The van der Waals surface area contributed by atoms with Crippen LogP contribution >= 0.6 is 0 Å². The zero-order valence-corrected chi connectivity index (χ0v) is 8.54. The van der Waals surface area contributed by atoms with E-state index in [0.717, 1.165) is 12.1 Å². The van der Waals surface area contributed by atoms with Crippen molar-refractivity contribution in [2.45, 2.75) is 6.92 Å². The summed E-state index contributed by atoms with van der Waals surface area (Å²) >= 11 is 0.